The molecule has 16 atom stereocenters. The van der Waals surface area contributed by atoms with Crippen molar-refractivity contribution in [1.82, 2.24) is 0 Å². The third-order valence-corrected chi connectivity index (χ3v) is 26.7. The molecule has 10 aliphatic rings. The van der Waals surface area contributed by atoms with Crippen molar-refractivity contribution in [2.45, 2.75) is 234 Å². The maximum Gasteiger partial charge on any atom is 0.160 e. The van der Waals surface area contributed by atoms with Crippen molar-refractivity contribution in [3.05, 3.63) is 22.3 Å². The van der Waals surface area contributed by atoms with E-state index in [1.807, 2.05) is 0 Å². The van der Waals surface area contributed by atoms with Gasteiger partial charge in [0.2, 0.25) is 0 Å². The maximum atomic E-state index is 13.3. The molecule has 4 nitrogen and oxygen atoms in total. The number of fused-ring (bicyclic) bond motifs is 14. The number of Topliss-reactive ketones (excluding diaryl/α,β-unsaturated/α-hetero) is 2. The standard InChI is InChI=1S/C31H50O2.C31H48O2.C2H7P.CH4/c2*1-19(2)25-22(33)17-31(18-32)16-15-29(7)21(26(25)31)9-10-24-28(6)13-11-20(3)27(4,5)23(28)12-14-30(24,29)8;1-3-2;/h19-21,23-24,32H,9-18H2,1-8H3;18-21,23-24H,9-17H2,1-8H3;3H,1-2H3;1H4/t2*20-,21+,23-,24+,28-,29+,30+,31-;;/m00../s1. The van der Waals surface area contributed by atoms with E-state index in [0.717, 1.165) is 74.5 Å². The van der Waals surface area contributed by atoms with Gasteiger partial charge in [0.05, 0.1) is 12.0 Å². The van der Waals surface area contributed by atoms with Crippen LogP contribution in [-0.2, 0) is 14.4 Å². The summed E-state index contributed by atoms with van der Waals surface area (Å²) in [6.45, 7) is 44.2. The fourth-order valence-corrected chi connectivity index (χ4v) is 22.1. The maximum absolute atomic E-state index is 13.3. The van der Waals surface area contributed by atoms with Crippen LogP contribution in [-0.4, -0.2) is 42.9 Å². The van der Waals surface area contributed by atoms with Crippen LogP contribution in [0.3, 0.4) is 0 Å². The molecular formula is C65H109O4P. The molecule has 0 aromatic heterocycles. The molecule has 70 heavy (non-hydrogen) atoms. The number of carbonyl (C=O) groups excluding carboxylic acids is 3. The summed E-state index contributed by atoms with van der Waals surface area (Å²) in [6.07, 6.45) is 22.2. The van der Waals surface area contributed by atoms with Crippen molar-refractivity contribution in [1.29, 1.82) is 0 Å². The number of ketones is 2. The minimum Gasteiger partial charge on any atom is -0.395 e. The van der Waals surface area contributed by atoms with Crippen molar-refractivity contribution < 1.29 is 19.5 Å². The number of carbonyl (C=O) groups is 3. The van der Waals surface area contributed by atoms with Gasteiger partial charge in [0.15, 0.2) is 11.6 Å². The van der Waals surface area contributed by atoms with Crippen molar-refractivity contribution >= 4 is 26.4 Å². The van der Waals surface area contributed by atoms with E-state index in [2.05, 4.69) is 124 Å². The van der Waals surface area contributed by atoms with E-state index in [9.17, 15) is 19.5 Å². The summed E-state index contributed by atoms with van der Waals surface area (Å²) in [4.78, 5) is 39.0. The van der Waals surface area contributed by atoms with E-state index in [1.54, 1.807) is 0 Å². The highest BCUT2D eigenvalue weighted by Gasteiger charge is 2.72. The lowest BCUT2D eigenvalue weighted by molar-refractivity contribution is -0.220. The number of allylic oxidation sites excluding steroid dienone is 3. The summed E-state index contributed by atoms with van der Waals surface area (Å²) in [7, 11) is 1.08. The third kappa shape index (κ3) is 7.49. The van der Waals surface area contributed by atoms with Crippen LogP contribution >= 0.6 is 8.58 Å². The van der Waals surface area contributed by atoms with Crippen LogP contribution in [0.15, 0.2) is 22.3 Å². The van der Waals surface area contributed by atoms with Crippen molar-refractivity contribution in [2.75, 3.05) is 19.9 Å². The van der Waals surface area contributed by atoms with Gasteiger partial charge in [-0.1, -0.05) is 124 Å². The Morgan fingerprint density at radius 3 is 1.34 bits per heavy atom. The predicted molar refractivity (Wildman–Crippen MR) is 297 cm³/mol. The van der Waals surface area contributed by atoms with Gasteiger partial charge >= 0.3 is 0 Å². The monoisotopic (exact) mass is 985 g/mol. The molecule has 10 aliphatic carbocycles. The Hall–Kier alpha value is -1.12. The number of aliphatic hydroxyl groups is 1. The van der Waals surface area contributed by atoms with E-state index in [4.69, 9.17) is 0 Å². The van der Waals surface area contributed by atoms with E-state index in [-0.39, 0.29) is 53.3 Å². The number of hydrogen-bond acceptors (Lipinski definition) is 4. The van der Waals surface area contributed by atoms with Gasteiger partial charge < -0.3 is 9.90 Å². The molecule has 0 aliphatic heterocycles. The molecule has 8 fully saturated rings. The molecule has 0 spiro atoms. The van der Waals surface area contributed by atoms with Gasteiger partial charge in [-0.15, -0.1) is 8.58 Å². The Kier molecular flexibility index (Phi) is 15.0. The van der Waals surface area contributed by atoms with E-state index in [1.165, 1.54) is 101 Å². The van der Waals surface area contributed by atoms with Crippen molar-refractivity contribution in [3.63, 3.8) is 0 Å². The molecule has 0 aromatic rings. The van der Waals surface area contributed by atoms with Gasteiger partial charge in [0, 0.05) is 18.3 Å². The zero-order valence-corrected chi connectivity index (χ0v) is 49.0. The predicted octanol–water partition coefficient (Wildman–Crippen LogP) is 17.0. The summed E-state index contributed by atoms with van der Waals surface area (Å²) in [5.74, 6) is 6.74. The van der Waals surface area contributed by atoms with Crippen LogP contribution < -0.4 is 0 Å². The Bertz CT molecular complexity index is 2110. The van der Waals surface area contributed by atoms with Gasteiger partial charge in [-0.3, -0.25) is 9.59 Å². The average Bonchev–Trinajstić information content (AvgIpc) is 3.75. The molecule has 0 saturated heterocycles. The lowest BCUT2D eigenvalue weighted by Gasteiger charge is -2.72. The minimum atomic E-state index is -0.493. The Labute approximate surface area is 433 Å². The summed E-state index contributed by atoms with van der Waals surface area (Å²) >= 11 is 0. The summed E-state index contributed by atoms with van der Waals surface area (Å²) < 4.78 is 0. The second-order valence-corrected chi connectivity index (χ2v) is 31.1. The van der Waals surface area contributed by atoms with Gasteiger partial charge in [0.25, 0.3) is 0 Å². The third-order valence-electron chi connectivity index (χ3n) is 26.7. The summed E-state index contributed by atoms with van der Waals surface area (Å²) in [5.41, 5.74) is 6.82. The SMILES string of the molecule is C.CC(C)C1=C2[C@H]3CC[C@@H]4[C@@]5(C)CC[C@H](C)C(C)(C)[C@@H]5CC[C@@]4(C)[C@]3(C)CC[C@@]2(C=O)CC1=O.CC(C)C1=C2[C@H]3CC[C@@H]4[C@@]5(C)CC[C@H](C)C(C)(C)[C@@H]5CC[C@@]4(C)[C@]3(C)CC[C@@]2(CO)CC1=O.CPC. The van der Waals surface area contributed by atoms with Gasteiger partial charge in [-0.05, 0) is 235 Å². The van der Waals surface area contributed by atoms with E-state index in [0.29, 0.717) is 57.5 Å². The lowest BCUT2D eigenvalue weighted by Crippen LogP contribution is -2.65. The smallest absolute Gasteiger partial charge is 0.160 e. The minimum absolute atomic E-state index is 0. The average molecular weight is 986 g/mol. The molecular weight excluding hydrogens is 876 g/mol. The van der Waals surface area contributed by atoms with Crippen LogP contribution in [0.1, 0.15) is 234 Å². The van der Waals surface area contributed by atoms with Crippen LogP contribution in [0.25, 0.3) is 0 Å². The molecule has 5 heteroatoms. The molecule has 1 N–H and O–H groups in total. The van der Waals surface area contributed by atoms with Crippen LogP contribution in [0.4, 0.5) is 0 Å². The molecule has 398 valence electrons. The molecule has 0 heterocycles. The second-order valence-electron chi connectivity index (χ2n) is 30.1. The molecule has 0 aromatic carbocycles. The number of aldehydes is 1. The van der Waals surface area contributed by atoms with E-state index >= 15 is 0 Å². The number of aliphatic hydroxyl groups excluding tert-OH is 1. The summed E-state index contributed by atoms with van der Waals surface area (Å²) in [6, 6.07) is 0. The largest absolute Gasteiger partial charge is 0.395 e. The van der Waals surface area contributed by atoms with Gasteiger partial charge in [-0.25, -0.2) is 0 Å². The van der Waals surface area contributed by atoms with Crippen LogP contribution in [0.5, 0.6) is 0 Å². The Morgan fingerprint density at radius 1 is 0.529 bits per heavy atom. The molecule has 10 rings (SSSR count). The van der Waals surface area contributed by atoms with Crippen molar-refractivity contribution in [2.24, 2.45) is 113 Å². The van der Waals surface area contributed by atoms with Crippen LogP contribution in [0, 0.1) is 113 Å². The molecule has 0 unspecified atom stereocenters. The second kappa shape index (κ2) is 18.6. The highest BCUT2D eigenvalue weighted by atomic mass is 31.1. The Balaban J connectivity index is 0.000000193. The first-order chi connectivity index (χ1) is 32.0. The fourth-order valence-electron chi connectivity index (χ4n) is 22.1. The Morgan fingerprint density at radius 2 is 0.929 bits per heavy atom. The summed E-state index contributed by atoms with van der Waals surface area (Å²) in [5, 5.41) is 10.6. The zero-order valence-electron chi connectivity index (χ0n) is 48.0. The number of rotatable bonds is 4. The molecule has 0 bridgehead atoms. The van der Waals surface area contributed by atoms with Crippen molar-refractivity contribution in [3.8, 4) is 0 Å². The molecule has 0 radical (unpaired) electrons. The first-order valence-corrected chi connectivity index (χ1v) is 31.2. The van der Waals surface area contributed by atoms with Gasteiger partial charge in [-0.2, -0.15) is 0 Å². The normalized spacial score (nSPS) is 48.4. The topological polar surface area (TPSA) is 71.4 Å². The lowest BCUT2D eigenvalue weighted by atomic mass is 9.32. The quantitative estimate of drug-likeness (QED) is 0.225. The van der Waals surface area contributed by atoms with Gasteiger partial charge in [0.1, 0.15) is 6.29 Å². The molecule has 8 saturated carbocycles. The zero-order chi connectivity index (χ0) is 51.1. The highest BCUT2D eigenvalue weighted by molar-refractivity contribution is 7.35. The first-order valence-electron chi connectivity index (χ1n) is 29.2. The van der Waals surface area contributed by atoms with E-state index < -0.39 is 5.41 Å². The first kappa shape index (κ1) is 56.6. The molecule has 0 amide bonds. The highest BCUT2D eigenvalue weighted by Crippen LogP contribution is 2.79. The van der Waals surface area contributed by atoms with Crippen LogP contribution in [0.2, 0.25) is 0 Å². The fraction of sp³-hybridized carbons (Fsp3) is 0.892. The number of hydrogen-bond donors (Lipinski definition) is 1.